The number of furan rings is 1. The van der Waals surface area contributed by atoms with Crippen LogP contribution in [0.15, 0.2) is 16.7 Å². The van der Waals surface area contributed by atoms with E-state index in [1.807, 2.05) is 0 Å². The van der Waals surface area contributed by atoms with E-state index >= 15 is 0 Å². The highest BCUT2D eigenvalue weighted by Gasteiger charge is 2.35. The molecule has 1 saturated carbocycles. The van der Waals surface area contributed by atoms with E-state index < -0.39 is 0 Å². The van der Waals surface area contributed by atoms with Crippen LogP contribution in [0.4, 0.5) is 0 Å². The van der Waals surface area contributed by atoms with Crippen molar-refractivity contribution in [2.24, 2.45) is 11.8 Å². The monoisotopic (exact) mass is 263 g/mol. The van der Waals surface area contributed by atoms with Crippen molar-refractivity contribution in [3.05, 3.63) is 23.7 Å². The SMILES string of the molecule is NNC(=O)c1coc(CN2CCCC3CCCC32)c1. The second kappa shape index (κ2) is 5.35. The Morgan fingerprint density at radius 2 is 2.26 bits per heavy atom. The Morgan fingerprint density at radius 3 is 3.11 bits per heavy atom. The molecule has 2 unspecified atom stereocenters. The van der Waals surface area contributed by atoms with Crippen molar-refractivity contribution in [3.8, 4) is 0 Å². The summed E-state index contributed by atoms with van der Waals surface area (Å²) < 4.78 is 5.48. The van der Waals surface area contributed by atoms with Gasteiger partial charge in [-0.15, -0.1) is 0 Å². The van der Waals surface area contributed by atoms with Crippen molar-refractivity contribution in [2.45, 2.75) is 44.7 Å². The minimum Gasteiger partial charge on any atom is -0.467 e. The predicted molar refractivity (Wildman–Crippen MR) is 71.1 cm³/mol. The molecule has 0 spiro atoms. The number of nitrogens with one attached hydrogen (secondary N) is 1. The minimum absolute atomic E-state index is 0.299. The lowest BCUT2D eigenvalue weighted by molar-refractivity contribution is 0.0953. The summed E-state index contributed by atoms with van der Waals surface area (Å²) in [5, 5.41) is 0. The first-order chi connectivity index (χ1) is 9.28. The molecular formula is C14H21N3O2. The Kier molecular flexibility index (Phi) is 3.57. The van der Waals surface area contributed by atoms with Gasteiger partial charge in [-0.2, -0.15) is 0 Å². The number of hydrogen-bond donors (Lipinski definition) is 2. The Morgan fingerprint density at radius 1 is 1.42 bits per heavy atom. The Hall–Kier alpha value is -1.33. The van der Waals surface area contributed by atoms with Gasteiger partial charge in [0.2, 0.25) is 0 Å². The molecule has 0 aromatic carbocycles. The molecule has 2 atom stereocenters. The quantitative estimate of drug-likeness (QED) is 0.494. The number of nitrogens with two attached hydrogens (primary N) is 1. The van der Waals surface area contributed by atoms with Gasteiger partial charge in [0.15, 0.2) is 0 Å². The van der Waals surface area contributed by atoms with Gasteiger partial charge in [-0.25, -0.2) is 5.84 Å². The van der Waals surface area contributed by atoms with Crippen LogP contribution in [-0.2, 0) is 6.54 Å². The van der Waals surface area contributed by atoms with Gasteiger partial charge in [0.1, 0.15) is 12.0 Å². The summed E-state index contributed by atoms with van der Waals surface area (Å²) in [6.07, 6.45) is 8.16. The second-order valence-corrected chi connectivity index (χ2v) is 5.65. The summed E-state index contributed by atoms with van der Waals surface area (Å²) in [6, 6.07) is 2.51. The van der Waals surface area contributed by atoms with E-state index in [-0.39, 0.29) is 5.91 Å². The average Bonchev–Trinajstić information content (AvgIpc) is 3.07. The number of carbonyl (C=O) groups excluding carboxylic acids is 1. The lowest BCUT2D eigenvalue weighted by Gasteiger charge is -2.37. The third kappa shape index (κ3) is 2.53. The molecule has 1 aliphatic carbocycles. The first-order valence-electron chi connectivity index (χ1n) is 7.10. The van der Waals surface area contributed by atoms with Crippen LogP contribution >= 0.6 is 0 Å². The molecule has 0 radical (unpaired) electrons. The highest BCUT2D eigenvalue weighted by molar-refractivity contribution is 5.93. The first kappa shape index (κ1) is 12.7. The molecule has 0 bridgehead atoms. The molecule has 1 aliphatic heterocycles. The van der Waals surface area contributed by atoms with Crippen LogP contribution in [0, 0.1) is 5.92 Å². The maximum absolute atomic E-state index is 11.4. The molecule has 3 N–H and O–H groups in total. The summed E-state index contributed by atoms with van der Waals surface area (Å²) in [7, 11) is 0. The van der Waals surface area contributed by atoms with Crippen LogP contribution in [0.25, 0.3) is 0 Å². The Bertz CT molecular complexity index is 457. The number of hydrogen-bond acceptors (Lipinski definition) is 4. The van der Waals surface area contributed by atoms with Crippen LogP contribution in [0.1, 0.15) is 48.2 Å². The number of carbonyl (C=O) groups is 1. The Labute approximate surface area is 113 Å². The highest BCUT2D eigenvalue weighted by Crippen LogP contribution is 2.37. The van der Waals surface area contributed by atoms with E-state index in [1.54, 1.807) is 6.07 Å². The van der Waals surface area contributed by atoms with Crippen LogP contribution in [-0.4, -0.2) is 23.4 Å². The summed E-state index contributed by atoms with van der Waals surface area (Å²) in [5.41, 5.74) is 2.62. The molecule has 2 aliphatic rings. The van der Waals surface area contributed by atoms with Gasteiger partial charge in [-0.1, -0.05) is 6.42 Å². The van der Waals surface area contributed by atoms with Gasteiger partial charge >= 0.3 is 0 Å². The molecule has 1 aromatic rings. The van der Waals surface area contributed by atoms with Crippen LogP contribution in [0.2, 0.25) is 0 Å². The van der Waals surface area contributed by atoms with Gasteiger partial charge in [0.05, 0.1) is 12.1 Å². The molecule has 3 rings (SSSR count). The van der Waals surface area contributed by atoms with E-state index in [0.29, 0.717) is 11.6 Å². The van der Waals surface area contributed by atoms with E-state index in [2.05, 4.69) is 10.3 Å². The lowest BCUT2D eigenvalue weighted by Crippen LogP contribution is -2.41. The zero-order valence-electron chi connectivity index (χ0n) is 11.1. The largest absolute Gasteiger partial charge is 0.467 e. The number of rotatable bonds is 3. The zero-order chi connectivity index (χ0) is 13.2. The summed E-state index contributed by atoms with van der Waals surface area (Å²) in [5.74, 6) is 6.54. The third-order valence-electron chi connectivity index (χ3n) is 4.51. The van der Waals surface area contributed by atoms with Gasteiger partial charge in [0, 0.05) is 6.04 Å². The molecule has 2 heterocycles. The summed E-state index contributed by atoms with van der Waals surface area (Å²) in [4.78, 5) is 13.9. The molecule has 1 amide bonds. The molecule has 5 heteroatoms. The lowest BCUT2D eigenvalue weighted by atomic mass is 9.92. The van der Waals surface area contributed by atoms with Crippen molar-refractivity contribution in [1.29, 1.82) is 0 Å². The molecule has 5 nitrogen and oxygen atoms in total. The topological polar surface area (TPSA) is 71.5 Å². The molecule has 19 heavy (non-hydrogen) atoms. The van der Waals surface area contributed by atoms with E-state index in [0.717, 1.165) is 24.8 Å². The van der Waals surface area contributed by atoms with E-state index in [1.165, 1.54) is 38.4 Å². The molecule has 104 valence electrons. The second-order valence-electron chi connectivity index (χ2n) is 5.65. The maximum atomic E-state index is 11.4. The van der Waals surface area contributed by atoms with Crippen molar-refractivity contribution in [2.75, 3.05) is 6.54 Å². The fourth-order valence-corrected chi connectivity index (χ4v) is 3.62. The number of hydrazine groups is 1. The van der Waals surface area contributed by atoms with Crippen LogP contribution in [0.5, 0.6) is 0 Å². The average molecular weight is 263 g/mol. The fourth-order valence-electron chi connectivity index (χ4n) is 3.62. The summed E-state index contributed by atoms with van der Waals surface area (Å²) in [6.45, 7) is 1.94. The predicted octanol–water partition coefficient (Wildman–Crippen LogP) is 1.65. The molecule has 1 saturated heterocycles. The minimum atomic E-state index is -0.299. The number of fused-ring (bicyclic) bond motifs is 1. The van der Waals surface area contributed by atoms with Crippen molar-refractivity contribution in [3.63, 3.8) is 0 Å². The van der Waals surface area contributed by atoms with Gasteiger partial charge < -0.3 is 4.42 Å². The molecular weight excluding hydrogens is 242 g/mol. The molecule has 1 aromatic heterocycles. The number of nitrogens with zero attached hydrogens (tertiary/aromatic N) is 1. The van der Waals surface area contributed by atoms with Gasteiger partial charge in [-0.3, -0.25) is 15.1 Å². The number of likely N-dealkylation sites (tertiary alicyclic amines) is 1. The van der Waals surface area contributed by atoms with Crippen molar-refractivity contribution < 1.29 is 9.21 Å². The number of nitrogen functional groups attached to an aromatic ring is 1. The molecule has 2 fully saturated rings. The van der Waals surface area contributed by atoms with E-state index in [4.69, 9.17) is 10.3 Å². The summed E-state index contributed by atoms with van der Waals surface area (Å²) >= 11 is 0. The normalized spacial score (nSPS) is 27.2. The van der Waals surface area contributed by atoms with Gasteiger partial charge in [-0.05, 0) is 44.2 Å². The van der Waals surface area contributed by atoms with Crippen LogP contribution < -0.4 is 11.3 Å². The fraction of sp³-hybridized carbons (Fsp3) is 0.643. The Balaban J connectivity index is 1.67. The van der Waals surface area contributed by atoms with Crippen LogP contribution in [0.3, 0.4) is 0 Å². The highest BCUT2D eigenvalue weighted by atomic mass is 16.3. The first-order valence-corrected chi connectivity index (χ1v) is 7.10. The number of amides is 1. The van der Waals surface area contributed by atoms with Crippen molar-refractivity contribution in [1.82, 2.24) is 10.3 Å². The third-order valence-corrected chi connectivity index (χ3v) is 4.51. The van der Waals surface area contributed by atoms with Gasteiger partial charge in [0.25, 0.3) is 5.91 Å². The maximum Gasteiger partial charge on any atom is 0.268 e. The number of piperidine rings is 1. The zero-order valence-corrected chi connectivity index (χ0v) is 11.1. The smallest absolute Gasteiger partial charge is 0.268 e. The van der Waals surface area contributed by atoms with E-state index in [9.17, 15) is 4.79 Å². The van der Waals surface area contributed by atoms with Crippen molar-refractivity contribution >= 4 is 5.91 Å². The standard InChI is InChI=1S/C14H21N3O2/c15-16-14(18)11-7-12(19-9-11)8-17-6-2-4-10-3-1-5-13(10)17/h7,9-10,13H,1-6,8,15H2,(H,16,18).